The number of primary amides is 2. The van der Waals surface area contributed by atoms with Gasteiger partial charge in [-0.05, 0) is 85.2 Å². The van der Waals surface area contributed by atoms with Crippen molar-refractivity contribution >= 4 is 76.8 Å². The quantitative estimate of drug-likeness (QED) is 0.0252. The number of ether oxygens (including phenoxy) is 8. The summed E-state index contributed by atoms with van der Waals surface area (Å²) in [5, 5.41) is 46.5. The molecule has 0 aromatic heterocycles. The molecule has 3 atom stereocenters. The van der Waals surface area contributed by atoms with Crippen LogP contribution >= 0.6 is 0 Å². The van der Waals surface area contributed by atoms with E-state index >= 15 is 0 Å². The van der Waals surface area contributed by atoms with Crippen molar-refractivity contribution in [1.82, 2.24) is 72.8 Å². The smallest absolute Gasteiger partial charge is 0.317 e. The summed E-state index contributed by atoms with van der Waals surface area (Å²) in [5.74, 6) is -5.69. The number of carbonyl (C=O) groups excluding carboxylic acids is 11. The van der Waals surface area contributed by atoms with E-state index < -0.39 is 53.7 Å². The number of amides is 10. The number of aliphatic carboxylic acids is 2. The van der Waals surface area contributed by atoms with Gasteiger partial charge in [-0.25, -0.2) is 0 Å². The normalized spacial score (nSPS) is 14.4. The fourth-order valence-electron chi connectivity index (χ4n) is 10.1. The molecule has 1 aliphatic rings. The highest BCUT2D eigenvalue weighted by Gasteiger charge is 2.24. The minimum absolute atomic E-state index is 0.0159. The predicted molar refractivity (Wildman–Crippen MR) is 385 cm³/mol. The summed E-state index contributed by atoms with van der Waals surface area (Å²) >= 11 is 0. The van der Waals surface area contributed by atoms with E-state index in [2.05, 4.69) is 53.2 Å². The van der Waals surface area contributed by atoms with Crippen LogP contribution < -0.4 is 64.6 Å². The second-order valence-corrected chi connectivity index (χ2v) is 24.6. The Morgan fingerprint density at radius 3 is 1.00 bits per heavy atom. The molecule has 1 aliphatic heterocycles. The average molecular weight is 1520 g/mol. The van der Waals surface area contributed by atoms with Gasteiger partial charge >= 0.3 is 11.9 Å². The van der Waals surface area contributed by atoms with Gasteiger partial charge in [0.05, 0.1) is 118 Å². The molecular formula is C66H126N16O23. The maximum atomic E-state index is 13.3. The van der Waals surface area contributed by atoms with E-state index in [-0.39, 0.29) is 225 Å². The molecule has 1 heterocycles. The first kappa shape index (κ1) is 92.0. The van der Waals surface area contributed by atoms with E-state index in [1.54, 1.807) is 23.9 Å². The zero-order valence-electron chi connectivity index (χ0n) is 65.9. The third kappa shape index (κ3) is 57.6. The number of ketones is 1. The van der Waals surface area contributed by atoms with Gasteiger partial charge in [-0.3, -0.25) is 81.9 Å². The summed E-state index contributed by atoms with van der Waals surface area (Å²) < 4.78 is 63.3. The number of nitrogens with one attached hydrogen (secondary N) is 10. The van der Waals surface area contributed by atoms with Gasteiger partial charge in [0.2, 0.25) is 59.1 Å². The third-order valence-corrected chi connectivity index (χ3v) is 15.7. The lowest BCUT2D eigenvalue weighted by Gasteiger charge is -2.33. The largest absolute Gasteiger partial charge is 0.480 e. The van der Waals surface area contributed by atoms with Crippen LogP contribution in [-0.2, 0) is 100 Å². The lowest BCUT2D eigenvalue weighted by Crippen LogP contribution is -2.49. The predicted octanol–water partition coefficient (Wildman–Crippen LogP) is -6.28. The van der Waals surface area contributed by atoms with Gasteiger partial charge in [0.15, 0.2) is 0 Å². The second-order valence-electron chi connectivity index (χ2n) is 24.6. The highest BCUT2D eigenvalue weighted by atomic mass is 16.5. The number of carboxylic acids is 2. The molecular weight excluding hydrogens is 1380 g/mol. The number of unbranched alkanes of at least 4 members (excludes halogenated alkanes) is 3. The monoisotopic (exact) mass is 1510 g/mol. The molecule has 608 valence electrons. The Labute approximate surface area is 621 Å². The zero-order valence-corrected chi connectivity index (χ0v) is 61.9. The van der Waals surface area contributed by atoms with Crippen molar-refractivity contribution in [3.05, 3.63) is 0 Å². The van der Waals surface area contributed by atoms with Crippen LogP contribution in [0.5, 0.6) is 0 Å². The maximum absolute atomic E-state index is 13.3. The van der Waals surface area contributed by atoms with E-state index in [0.29, 0.717) is 117 Å². The first-order valence-electron chi connectivity index (χ1n) is 38.1. The average Bonchev–Trinajstić information content (AvgIpc) is 0.905. The Balaban J connectivity index is 0. The highest BCUT2D eigenvalue weighted by Crippen LogP contribution is 2.07. The summed E-state index contributed by atoms with van der Waals surface area (Å²) in [7, 11) is 3.30. The first-order chi connectivity index (χ1) is 52.5. The van der Waals surface area contributed by atoms with Crippen LogP contribution in [0, 0.1) is 0 Å². The third-order valence-electron chi connectivity index (χ3n) is 15.7. The van der Waals surface area contributed by atoms with Crippen molar-refractivity contribution in [3.8, 4) is 0 Å². The highest BCUT2D eigenvalue weighted by molar-refractivity contribution is 5.88. The zero-order chi connectivity index (χ0) is 81.5. The van der Waals surface area contributed by atoms with Crippen LogP contribution in [0.4, 0.5) is 0 Å². The summed E-state index contributed by atoms with van der Waals surface area (Å²) in [6.45, 7) is 7.04. The number of likely N-dealkylation sites (N-methyl/N-ethyl adjacent to an activating group) is 2. The van der Waals surface area contributed by atoms with Gasteiger partial charge in [-0.15, -0.1) is 0 Å². The Morgan fingerprint density at radius 1 is 0.352 bits per heavy atom. The molecule has 0 bridgehead atoms. The van der Waals surface area contributed by atoms with Crippen molar-refractivity contribution in [2.75, 3.05) is 244 Å². The molecule has 10 amide bonds. The number of carboxylic acid groups (broad SMARTS) is 2. The van der Waals surface area contributed by atoms with E-state index in [0.717, 1.165) is 6.42 Å². The molecule has 105 heavy (non-hydrogen) atoms. The molecule has 16 N–H and O–H groups in total. The Hall–Kier alpha value is -7.25. The maximum Gasteiger partial charge on any atom is 0.317 e. The topological polar surface area (TPSA) is 522 Å². The van der Waals surface area contributed by atoms with Crippen molar-refractivity contribution in [3.63, 3.8) is 0 Å². The molecule has 0 spiro atoms. The number of rotatable bonds is 65. The second kappa shape index (κ2) is 64.0. The number of nitrogens with zero attached hydrogens (tertiary/aromatic N) is 4. The SMILES string of the molecule is CN[C@@H](CCCCNC(=O)COCCOCCNC(=O)COCCOCCNC(=O)CCCC(=O)NCCCC[C@H](NC(=O)COCCOCCNC(=O)COCCOCCNC(=O)CN1CCN(CC(C)=O)CCN(CC(=O)O)CCN(CC(=O)O)CC1)C(=O)NCCCC[C@H](NC)C(N)=O)C(N)=O.[2H][2H].[2H][2H]. The molecule has 0 aromatic rings. The number of nitrogens with two attached hydrogens (primary N) is 2. The Kier molecular flexibility index (Phi) is 56.0. The lowest BCUT2D eigenvalue weighted by molar-refractivity contribution is -0.140. The van der Waals surface area contributed by atoms with Gasteiger partial charge in [-0.1, -0.05) is 0 Å². The van der Waals surface area contributed by atoms with Gasteiger partial charge < -0.3 is 113 Å². The summed E-state index contributed by atoms with van der Waals surface area (Å²) in [4.78, 5) is 165. The summed E-state index contributed by atoms with van der Waals surface area (Å²) in [6.07, 6.45) is 5.39. The van der Waals surface area contributed by atoms with Crippen molar-refractivity contribution in [2.24, 2.45) is 11.5 Å². The van der Waals surface area contributed by atoms with Crippen LogP contribution in [0.2, 0.25) is 0 Å². The standard InChI is InChI=1S/C66H122N16O23.2H2/c1-51(83)43-79-23-25-80(26-28-82(46-63(93)94)30-29-81(27-24-79)45-62(91)92)44-57(86)74-20-32-99-36-41-104-49-60(89)76-22-34-101-38-42-105-50-61(90)78-54(66(97)77-18-9-5-12-53(70-3)65(68)96)13-6-8-16-71-55(84)14-10-15-56(85)73-19-31-98-35-40-103-48-59(88)75-21-33-100-37-39-102-47-58(87)72-17-7-4-11-52(69-2)64(67)95;;/h52-54,69-70H,4-50H2,1-3H3,(H2,67,95)(H2,68,96)(H,71,84)(H,72,87)(H,73,85)(H,74,86)(H,75,88)(H,76,89)(H,77,97)(H,78,90)(H,91,92)(H,93,94);2*1H/t52-,53-,54-;;/m0../s1/i;2*1+1D. The molecule has 39 nitrogen and oxygen atoms in total. The number of carbonyl (C=O) groups is 13. The van der Waals surface area contributed by atoms with E-state index in [4.69, 9.17) is 55.3 Å². The van der Waals surface area contributed by atoms with E-state index in [9.17, 15) is 72.5 Å². The molecule has 1 fully saturated rings. The number of hydrogen-bond acceptors (Lipinski definition) is 27. The van der Waals surface area contributed by atoms with Gasteiger partial charge in [0, 0.05) is 117 Å². The minimum Gasteiger partial charge on any atom is -0.480 e. The molecule has 0 saturated carbocycles. The fourth-order valence-corrected chi connectivity index (χ4v) is 10.1. The molecule has 0 aromatic carbocycles. The molecule has 0 aliphatic carbocycles. The van der Waals surface area contributed by atoms with Crippen LogP contribution in [0.25, 0.3) is 0 Å². The Bertz CT molecular complexity index is 2490. The molecule has 0 radical (unpaired) electrons. The van der Waals surface area contributed by atoms with Gasteiger partial charge in [-0.2, -0.15) is 0 Å². The van der Waals surface area contributed by atoms with Crippen LogP contribution in [0.1, 0.15) is 89.9 Å². The summed E-state index contributed by atoms with van der Waals surface area (Å²) in [5.41, 5.74) is 10.7. The summed E-state index contributed by atoms with van der Waals surface area (Å²) in [6, 6.07) is -1.80. The number of Topliss-reactive ketones (excluding diaryl/α,β-unsaturated/α-hetero) is 1. The first-order valence-corrected chi connectivity index (χ1v) is 36.1. The van der Waals surface area contributed by atoms with E-state index in [1.807, 2.05) is 9.80 Å². The number of hydrogen-bond donors (Lipinski definition) is 14. The lowest BCUT2D eigenvalue weighted by atomic mass is 10.1. The van der Waals surface area contributed by atoms with Crippen molar-refractivity contribution in [1.29, 1.82) is 0 Å². The fraction of sp³-hybridized carbons (Fsp3) is 0.803. The van der Waals surface area contributed by atoms with Crippen molar-refractivity contribution < 1.29 is 116 Å². The van der Waals surface area contributed by atoms with Crippen molar-refractivity contribution in [2.45, 2.75) is 102 Å². The molecule has 1 rings (SSSR count). The van der Waals surface area contributed by atoms with Gasteiger partial charge in [0.1, 0.15) is 38.3 Å². The Morgan fingerprint density at radius 2 is 0.648 bits per heavy atom. The van der Waals surface area contributed by atoms with Crippen LogP contribution in [-0.4, -0.2) is 369 Å². The van der Waals surface area contributed by atoms with Gasteiger partial charge in [0.25, 0.3) is 0 Å². The van der Waals surface area contributed by atoms with Crippen LogP contribution in [0.3, 0.4) is 0 Å². The van der Waals surface area contributed by atoms with E-state index in [1.165, 1.54) is 6.92 Å². The molecule has 0 unspecified atom stereocenters. The molecule has 39 heteroatoms. The minimum atomic E-state index is -1.03. The molecule has 1 saturated heterocycles. The van der Waals surface area contributed by atoms with Crippen LogP contribution in [0.15, 0.2) is 0 Å².